The lowest BCUT2D eigenvalue weighted by molar-refractivity contribution is -0.116. The highest BCUT2D eigenvalue weighted by atomic mass is 35.5. The van der Waals surface area contributed by atoms with Gasteiger partial charge >= 0.3 is 0 Å². The van der Waals surface area contributed by atoms with Crippen LogP contribution in [0.25, 0.3) is 6.08 Å². The highest BCUT2D eigenvalue weighted by molar-refractivity contribution is 6.39. The van der Waals surface area contributed by atoms with Crippen LogP contribution in [-0.2, 0) is 9.53 Å². The summed E-state index contributed by atoms with van der Waals surface area (Å²) in [5.74, 6) is -0.0257. The first-order valence-corrected chi connectivity index (χ1v) is 8.40. The van der Waals surface area contributed by atoms with Crippen molar-refractivity contribution in [2.45, 2.75) is 18.2 Å². The van der Waals surface area contributed by atoms with Gasteiger partial charge in [0, 0.05) is 17.5 Å². The molecule has 1 aromatic carbocycles. The summed E-state index contributed by atoms with van der Waals surface area (Å²) in [4.78, 5) is 11.1. The van der Waals surface area contributed by atoms with Crippen LogP contribution in [-0.4, -0.2) is 34.1 Å². The topological polar surface area (TPSA) is 78.8 Å². The van der Waals surface area contributed by atoms with Gasteiger partial charge < -0.3 is 20.3 Å². The van der Waals surface area contributed by atoms with Gasteiger partial charge in [-0.05, 0) is 42.8 Å². The lowest BCUT2D eigenvalue weighted by Gasteiger charge is -2.26. The SMILES string of the molecule is CC1(Cl)CC(OCCNC(=O)/C=C/c2ccc(O)c(O)c2)=CC=C1Cl. The van der Waals surface area contributed by atoms with Crippen LogP contribution in [0.3, 0.4) is 0 Å². The first kappa shape index (κ1) is 19.2. The quantitative estimate of drug-likeness (QED) is 0.303. The third-order valence-electron chi connectivity index (χ3n) is 3.54. The normalized spacial score (nSPS) is 20.1. The minimum absolute atomic E-state index is 0.208. The molecule has 2 rings (SSSR count). The maximum atomic E-state index is 11.7. The van der Waals surface area contributed by atoms with Crippen molar-refractivity contribution in [1.82, 2.24) is 5.32 Å². The van der Waals surface area contributed by atoms with E-state index in [0.29, 0.717) is 35.9 Å². The molecule has 5 nitrogen and oxygen atoms in total. The Hall–Kier alpha value is -2.11. The fourth-order valence-corrected chi connectivity index (χ4v) is 2.47. The number of halogens is 2. The molecule has 1 aliphatic carbocycles. The Morgan fingerprint density at radius 1 is 1.36 bits per heavy atom. The fraction of sp³-hybridized carbons (Fsp3) is 0.278. The molecular weight excluding hydrogens is 365 g/mol. The molecule has 0 saturated carbocycles. The van der Waals surface area contributed by atoms with Gasteiger partial charge in [0.2, 0.25) is 5.91 Å². The Kier molecular flexibility index (Phi) is 6.39. The van der Waals surface area contributed by atoms with Gasteiger partial charge in [-0.1, -0.05) is 17.7 Å². The lowest BCUT2D eigenvalue weighted by Crippen LogP contribution is -2.26. The van der Waals surface area contributed by atoms with Crippen molar-refractivity contribution < 1.29 is 19.7 Å². The molecule has 0 fully saturated rings. The number of phenolic OH excluding ortho intramolecular Hbond substituents is 2. The largest absolute Gasteiger partial charge is 0.504 e. The fourth-order valence-electron chi connectivity index (χ4n) is 2.14. The van der Waals surface area contributed by atoms with Crippen LogP contribution in [0.15, 0.2) is 47.2 Å². The van der Waals surface area contributed by atoms with Crippen molar-refractivity contribution >= 4 is 35.2 Å². The average molecular weight is 384 g/mol. The first-order chi connectivity index (χ1) is 11.8. The molecule has 7 heteroatoms. The van der Waals surface area contributed by atoms with Crippen molar-refractivity contribution in [3.63, 3.8) is 0 Å². The highest BCUT2D eigenvalue weighted by Crippen LogP contribution is 2.37. The van der Waals surface area contributed by atoms with Crippen molar-refractivity contribution in [2.24, 2.45) is 0 Å². The van der Waals surface area contributed by atoms with Crippen LogP contribution < -0.4 is 5.32 Å². The number of benzene rings is 1. The summed E-state index contributed by atoms with van der Waals surface area (Å²) in [7, 11) is 0. The maximum absolute atomic E-state index is 11.7. The number of aromatic hydroxyl groups is 2. The second kappa shape index (κ2) is 8.32. The van der Waals surface area contributed by atoms with Crippen LogP contribution in [0.5, 0.6) is 11.5 Å². The third kappa shape index (κ3) is 5.73. The number of nitrogens with one attached hydrogen (secondary N) is 1. The molecule has 0 radical (unpaired) electrons. The van der Waals surface area contributed by atoms with Crippen molar-refractivity contribution in [2.75, 3.05) is 13.2 Å². The van der Waals surface area contributed by atoms with E-state index in [2.05, 4.69) is 5.32 Å². The van der Waals surface area contributed by atoms with Gasteiger partial charge in [0.1, 0.15) is 6.61 Å². The van der Waals surface area contributed by atoms with E-state index in [9.17, 15) is 15.0 Å². The second-order valence-corrected chi connectivity index (χ2v) is 6.98. The van der Waals surface area contributed by atoms with Gasteiger partial charge in [0.15, 0.2) is 11.5 Å². The van der Waals surface area contributed by atoms with Gasteiger partial charge in [0.05, 0.1) is 17.2 Å². The number of ether oxygens (including phenoxy) is 1. The van der Waals surface area contributed by atoms with E-state index in [-0.39, 0.29) is 17.4 Å². The van der Waals surface area contributed by atoms with E-state index in [1.807, 2.05) is 6.92 Å². The number of carbonyl (C=O) groups excluding carboxylic acids is 1. The Labute approximate surface area is 156 Å². The molecule has 1 aliphatic rings. The number of amides is 1. The number of phenols is 2. The molecular formula is C18H19Cl2NO4. The zero-order valence-corrected chi connectivity index (χ0v) is 15.1. The Morgan fingerprint density at radius 2 is 2.12 bits per heavy atom. The summed E-state index contributed by atoms with van der Waals surface area (Å²) in [5, 5.41) is 21.9. The number of allylic oxidation sites excluding steroid dienone is 4. The van der Waals surface area contributed by atoms with Crippen LogP contribution in [0.4, 0.5) is 0 Å². The van der Waals surface area contributed by atoms with E-state index in [0.717, 1.165) is 0 Å². The van der Waals surface area contributed by atoms with E-state index in [1.165, 1.54) is 24.3 Å². The van der Waals surface area contributed by atoms with Crippen LogP contribution >= 0.6 is 23.2 Å². The van der Waals surface area contributed by atoms with Crippen LogP contribution in [0, 0.1) is 0 Å². The highest BCUT2D eigenvalue weighted by Gasteiger charge is 2.29. The first-order valence-electron chi connectivity index (χ1n) is 7.64. The van der Waals surface area contributed by atoms with E-state index in [4.69, 9.17) is 27.9 Å². The van der Waals surface area contributed by atoms with Gasteiger partial charge in [-0.15, -0.1) is 11.6 Å². The number of carbonyl (C=O) groups is 1. The molecule has 1 aromatic rings. The summed E-state index contributed by atoms with van der Waals surface area (Å²) >= 11 is 12.3. The Balaban J connectivity index is 1.74. The summed E-state index contributed by atoms with van der Waals surface area (Å²) in [6, 6.07) is 4.29. The molecule has 1 atom stereocenters. The molecule has 3 N–H and O–H groups in total. The number of alkyl halides is 1. The monoisotopic (exact) mass is 383 g/mol. The van der Waals surface area contributed by atoms with E-state index >= 15 is 0 Å². The number of rotatable bonds is 6. The summed E-state index contributed by atoms with van der Waals surface area (Å²) in [5.41, 5.74) is 0.596. The molecule has 0 aromatic heterocycles. The number of hydrogen-bond donors (Lipinski definition) is 3. The molecule has 0 saturated heterocycles. The molecule has 1 amide bonds. The molecule has 0 heterocycles. The van der Waals surface area contributed by atoms with Crippen LogP contribution in [0.2, 0.25) is 0 Å². The van der Waals surface area contributed by atoms with Gasteiger partial charge in [0.25, 0.3) is 0 Å². The molecule has 0 bridgehead atoms. The zero-order valence-electron chi connectivity index (χ0n) is 13.6. The van der Waals surface area contributed by atoms with Gasteiger partial charge in [-0.2, -0.15) is 0 Å². The third-order valence-corrected chi connectivity index (χ3v) is 4.51. The van der Waals surface area contributed by atoms with Gasteiger partial charge in [-0.25, -0.2) is 0 Å². The van der Waals surface area contributed by atoms with Crippen molar-refractivity contribution in [3.05, 3.63) is 52.8 Å². The summed E-state index contributed by atoms with van der Waals surface area (Å²) < 4.78 is 5.58. The Bertz CT molecular complexity index is 739. The van der Waals surface area contributed by atoms with Crippen molar-refractivity contribution in [1.29, 1.82) is 0 Å². The lowest BCUT2D eigenvalue weighted by atomic mass is 10.0. The van der Waals surface area contributed by atoms with E-state index in [1.54, 1.807) is 18.2 Å². The van der Waals surface area contributed by atoms with Crippen molar-refractivity contribution in [3.8, 4) is 11.5 Å². The molecule has 1 unspecified atom stereocenters. The summed E-state index contributed by atoms with van der Waals surface area (Å²) in [6.07, 6.45) is 6.84. The average Bonchev–Trinajstić information content (AvgIpc) is 2.55. The van der Waals surface area contributed by atoms with Crippen LogP contribution in [0.1, 0.15) is 18.9 Å². The minimum Gasteiger partial charge on any atom is -0.504 e. The predicted molar refractivity (Wildman–Crippen MR) is 98.7 cm³/mol. The molecule has 0 aliphatic heterocycles. The second-order valence-electron chi connectivity index (χ2n) is 5.74. The minimum atomic E-state index is -0.659. The summed E-state index contributed by atoms with van der Waals surface area (Å²) in [6.45, 7) is 2.46. The smallest absolute Gasteiger partial charge is 0.244 e. The maximum Gasteiger partial charge on any atom is 0.244 e. The molecule has 25 heavy (non-hydrogen) atoms. The molecule has 0 spiro atoms. The standard InChI is InChI=1S/C18H19Cl2NO4/c1-18(20)11-13(4-6-16(18)19)25-9-8-21-17(24)7-3-12-2-5-14(22)15(23)10-12/h2-7,10,22-23H,8-9,11H2,1H3,(H,21,24)/b7-3+. The van der Waals surface area contributed by atoms with E-state index < -0.39 is 4.87 Å². The molecule has 134 valence electrons. The van der Waals surface area contributed by atoms with Gasteiger partial charge in [-0.3, -0.25) is 4.79 Å². The predicted octanol–water partition coefficient (Wildman–Crippen LogP) is 3.65. The zero-order chi connectivity index (χ0) is 18.4. The number of hydrogen-bond acceptors (Lipinski definition) is 4. The Morgan fingerprint density at radius 3 is 2.80 bits per heavy atom.